The lowest BCUT2D eigenvalue weighted by Crippen LogP contribution is -2.22. The van der Waals surface area contributed by atoms with Gasteiger partial charge in [0.1, 0.15) is 0 Å². The summed E-state index contributed by atoms with van der Waals surface area (Å²) in [6.07, 6.45) is 7.84. The van der Waals surface area contributed by atoms with E-state index in [1.807, 2.05) is 0 Å². The summed E-state index contributed by atoms with van der Waals surface area (Å²) in [6.45, 7) is 11.8. The average molecular weight is 194 g/mol. The molecule has 0 aliphatic heterocycles. The van der Waals surface area contributed by atoms with Crippen molar-refractivity contribution in [2.75, 3.05) is 0 Å². The molecule has 0 heterocycles. The van der Waals surface area contributed by atoms with Crippen molar-refractivity contribution in [2.45, 2.75) is 60.3 Å². The van der Waals surface area contributed by atoms with Gasteiger partial charge in [-0.1, -0.05) is 39.3 Å². The van der Waals surface area contributed by atoms with Gasteiger partial charge in [0.2, 0.25) is 0 Å². The summed E-state index contributed by atoms with van der Waals surface area (Å²) in [5, 5.41) is 0. The Balaban J connectivity index is 2.55. The first-order chi connectivity index (χ1) is 6.48. The minimum Gasteiger partial charge on any atom is -0.0853 e. The van der Waals surface area contributed by atoms with Crippen LogP contribution in [0.2, 0.25) is 0 Å². The maximum Gasteiger partial charge on any atom is -0.0297 e. The Morgan fingerprint density at radius 2 is 2.00 bits per heavy atom. The first-order valence-electron chi connectivity index (χ1n) is 6.14. The highest BCUT2D eigenvalue weighted by Crippen LogP contribution is 2.48. The molecule has 0 radical (unpaired) electrons. The van der Waals surface area contributed by atoms with E-state index in [4.69, 9.17) is 0 Å². The summed E-state index contributed by atoms with van der Waals surface area (Å²) in [5.41, 5.74) is 2.12. The topological polar surface area (TPSA) is 0 Å². The molecule has 0 aromatic heterocycles. The molecule has 2 atom stereocenters. The van der Waals surface area contributed by atoms with Crippen molar-refractivity contribution >= 4 is 0 Å². The zero-order chi connectivity index (χ0) is 10.8. The normalized spacial score (nSPS) is 32.2. The van der Waals surface area contributed by atoms with Crippen molar-refractivity contribution in [2.24, 2.45) is 17.3 Å². The molecular weight excluding hydrogens is 168 g/mol. The third kappa shape index (κ3) is 2.40. The zero-order valence-corrected chi connectivity index (χ0v) is 10.6. The van der Waals surface area contributed by atoms with Gasteiger partial charge in [0, 0.05) is 0 Å². The molecule has 1 fully saturated rings. The first-order valence-corrected chi connectivity index (χ1v) is 6.14. The second kappa shape index (κ2) is 4.51. The van der Waals surface area contributed by atoms with Crippen LogP contribution in [0.3, 0.4) is 0 Å². The highest BCUT2D eigenvalue weighted by Gasteiger charge is 2.39. The van der Waals surface area contributed by atoms with E-state index in [0.717, 1.165) is 11.8 Å². The molecule has 0 amide bonds. The van der Waals surface area contributed by atoms with Crippen LogP contribution in [0.4, 0.5) is 0 Å². The number of hydrogen-bond acceptors (Lipinski definition) is 0. The van der Waals surface area contributed by atoms with E-state index in [1.165, 1.54) is 25.7 Å². The minimum atomic E-state index is 0.560. The van der Waals surface area contributed by atoms with Crippen molar-refractivity contribution < 1.29 is 0 Å². The third-order valence-electron chi connectivity index (χ3n) is 4.58. The Bertz CT molecular complexity index is 210. The molecule has 0 saturated heterocycles. The van der Waals surface area contributed by atoms with Gasteiger partial charge in [-0.2, -0.15) is 0 Å². The maximum absolute atomic E-state index is 2.46. The molecule has 0 spiro atoms. The van der Waals surface area contributed by atoms with Crippen molar-refractivity contribution in [3.05, 3.63) is 11.6 Å². The minimum absolute atomic E-state index is 0.560. The molecule has 0 aromatic carbocycles. The summed E-state index contributed by atoms with van der Waals surface area (Å²) >= 11 is 0. The molecule has 0 bridgehead atoms. The molecule has 1 aliphatic rings. The Hall–Kier alpha value is -0.260. The van der Waals surface area contributed by atoms with Crippen molar-refractivity contribution in [3.63, 3.8) is 0 Å². The standard InChI is InChI=1S/C14H26/c1-6-11(2)7-9-13-10-8-12(3)14(13,4)5/h7,12-13H,6,8-10H2,1-5H3. The lowest BCUT2D eigenvalue weighted by molar-refractivity contribution is 0.199. The van der Waals surface area contributed by atoms with E-state index in [0.29, 0.717) is 5.41 Å². The second-order valence-electron chi connectivity index (χ2n) is 5.64. The largest absolute Gasteiger partial charge is 0.0853 e. The Morgan fingerprint density at radius 1 is 1.36 bits per heavy atom. The van der Waals surface area contributed by atoms with Gasteiger partial charge >= 0.3 is 0 Å². The monoisotopic (exact) mass is 194 g/mol. The van der Waals surface area contributed by atoms with Crippen molar-refractivity contribution in [3.8, 4) is 0 Å². The molecule has 1 rings (SSSR count). The van der Waals surface area contributed by atoms with Crippen LogP contribution in [0.25, 0.3) is 0 Å². The van der Waals surface area contributed by atoms with Crippen LogP contribution in [0.5, 0.6) is 0 Å². The van der Waals surface area contributed by atoms with Gasteiger partial charge in [-0.25, -0.2) is 0 Å². The molecule has 0 heteroatoms. The first kappa shape index (κ1) is 11.8. The van der Waals surface area contributed by atoms with E-state index in [2.05, 4.69) is 40.7 Å². The SMILES string of the molecule is CCC(C)=CCC1CCC(C)C1(C)C. The van der Waals surface area contributed by atoms with Gasteiger partial charge in [-0.15, -0.1) is 0 Å². The van der Waals surface area contributed by atoms with E-state index < -0.39 is 0 Å². The number of hydrogen-bond donors (Lipinski definition) is 0. The van der Waals surface area contributed by atoms with Gasteiger partial charge in [0.15, 0.2) is 0 Å². The quantitative estimate of drug-likeness (QED) is 0.566. The van der Waals surface area contributed by atoms with Gasteiger partial charge in [0.25, 0.3) is 0 Å². The second-order valence-corrected chi connectivity index (χ2v) is 5.64. The van der Waals surface area contributed by atoms with Gasteiger partial charge in [0.05, 0.1) is 0 Å². The van der Waals surface area contributed by atoms with Crippen LogP contribution in [-0.4, -0.2) is 0 Å². The van der Waals surface area contributed by atoms with Crippen LogP contribution >= 0.6 is 0 Å². The molecule has 0 aromatic rings. The molecule has 1 saturated carbocycles. The molecule has 0 nitrogen and oxygen atoms in total. The smallest absolute Gasteiger partial charge is 0.0297 e. The predicted molar refractivity (Wildman–Crippen MR) is 64.3 cm³/mol. The van der Waals surface area contributed by atoms with Crippen molar-refractivity contribution in [1.29, 1.82) is 0 Å². The highest BCUT2D eigenvalue weighted by molar-refractivity contribution is 5.01. The molecular formula is C14H26. The number of allylic oxidation sites excluding steroid dienone is 2. The lowest BCUT2D eigenvalue weighted by atomic mass is 9.75. The fourth-order valence-electron chi connectivity index (χ4n) is 2.51. The Labute approximate surface area is 89.8 Å². The Kier molecular flexibility index (Phi) is 3.80. The summed E-state index contributed by atoms with van der Waals surface area (Å²) in [7, 11) is 0. The van der Waals surface area contributed by atoms with Crippen LogP contribution in [0, 0.1) is 17.3 Å². The van der Waals surface area contributed by atoms with Crippen LogP contribution in [0.1, 0.15) is 60.3 Å². The molecule has 82 valence electrons. The van der Waals surface area contributed by atoms with Crippen LogP contribution in [0.15, 0.2) is 11.6 Å². The van der Waals surface area contributed by atoms with Gasteiger partial charge in [-0.05, 0) is 49.9 Å². The van der Waals surface area contributed by atoms with Crippen LogP contribution in [-0.2, 0) is 0 Å². The Morgan fingerprint density at radius 3 is 2.43 bits per heavy atom. The fourth-order valence-corrected chi connectivity index (χ4v) is 2.51. The third-order valence-corrected chi connectivity index (χ3v) is 4.58. The lowest BCUT2D eigenvalue weighted by Gasteiger charge is -2.30. The van der Waals surface area contributed by atoms with E-state index in [9.17, 15) is 0 Å². The highest BCUT2D eigenvalue weighted by atomic mass is 14.4. The van der Waals surface area contributed by atoms with Crippen molar-refractivity contribution in [1.82, 2.24) is 0 Å². The molecule has 1 aliphatic carbocycles. The molecule has 14 heavy (non-hydrogen) atoms. The summed E-state index contributed by atoms with van der Waals surface area (Å²) in [6, 6.07) is 0. The predicted octanol–water partition coefficient (Wildman–Crippen LogP) is 4.81. The summed E-state index contributed by atoms with van der Waals surface area (Å²) < 4.78 is 0. The van der Waals surface area contributed by atoms with E-state index in [-0.39, 0.29) is 0 Å². The maximum atomic E-state index is 2.46. The van der Waals surface area contributed by atoms with Gasteiger partial charge in [-0.3, -0.25) is 0 Å². The molecule has 2 unspecified atom stereocenters. The van der Waals surface area contributed by atoms with Gasteiger partial charge < -0.3 is 0 Å². The summed E-state index contributed by atoms with van der Waals surface area (Å²) in [4.78, 5) is 0. The van der Waals surface area contributed by atoms with Crippen LogP contribution < -0.4 is 0 Å². The number of rotatable bonds is 3. The fraction of sp³-hybridized carbons (Fsp3) is 0.857. The van der Waals surface area contributed by atoms with E-state index >= 15 is 0 Å². The van der Waals surface area contributed by atoms with E-state index in [1.54, 1.807) is 5.57 Å². The molecule has 0 N–H and O–H groups in total. The average Bonchev–Trinajstić information content (AvgIpc) is 2.39. The zero-order valence-electron chi connectivity index (χ0n) is 10.6. The summed E-state index contributed by atoms with van der Waals surface area (Å²) in [5.74, 6) is 1.82.